The van der Waals surface area contributed by atoms with Gasteiger partial charge < -0.3 is 0 Å². The fraction of sp³-hybridized carbons (Fsp3) is 0.500. The third kappa shape index (κ3) is 3.16. The molecule has 0 saturated carbocycles. The molecule has 2 N–H and O–H groups in total. The number of nitrogens with zero attached hydrogens (tertiary/aromatic N) is 3. The van der Waals surface area contributed by atoms with E-state index in [2.05, 4.69) is 16.9 Å². The molecular formula is C8H13ClN4. The standard InChI is InChI=1S/C8H13ClN4/c1-2-3-6-13(10)8-11-5-4-7(9)12-8/h4-5H,2-3,6,10H2,1H3. The molecular weight excluding hydrogens is 188 g/mol. The molecule has 0 fully saturated rings. The van der Waals surface area contributed by atoms with Crippen molar-refractivity contribution >= 4 is 17.5 Å². The third-order valence-corrected chi connectivity index (χ3v) is 1.83. The summed E-state index contributed by atoms with van der Waals surface area (Å²) in [6.45, 7) is 2.85. The fourth-order valence-electron chi connectivity index (χ4n) is 0.894. The van der Waals surface area contributed by atoms with Gasteiger partial charge in [-0.25, -0.2) is 10.8 Å². The van der Waals surface area contributed by atoms with E-state index in [1.165, 1.54) is 5.01 Å². The monoisotopic (exact) mass is 200 g/mol. The molecule has 13 heavy (non-hydrogen) atoms. The summed E-state index contributed by atoms with van der Waals surface area (Å²) >= 11 is 5.69. The van der Waals surface area contributed by atoms with Gasteiger partial charge in [0.15, 0.2) is 0 Å². The molecule has 0 aliphatic rings. The van der Waals surface area contributed by atoms with Crippen molar-refractivity contribution in [1.29, 1.82) is 0 Å². The first kappa shape index (κ1) is 10.2. The van der Waals surface area contributed by atoms with Gasteiger partial charge in [-0.05, 0) is 12.5 Å². The van der Waals surface area contributed by atoms with E-state index in [1.807, 2.05) is 0 Å². The minimum atomic E-state index is 0.414. The van der Waals surface area contributed by atoms with Crippen LogP contribution in [-0.4, -0.2) is 16.5 Å². The molecule has 0 saturated heterocycles. The number of halogens is 1. The van der Waals surface area contributed by atoms with Gasteiger partial charge in [0.2, 0.25) is 5.95 Å². The first-order valence-electron chi connectivity index (χ1n) is 4.25. The normalized spacial score (nSPS) is 10.1. The maximum Gasteiger partial charge on any atom is 0.241 e. The van der Waals surface area contributed by atoms with E-state index in [0.29, 0.717) is 11.1 Å². The van der Waals surface area contributed by atoms with Crippen molar-refractivity contribution in [1.82, 2.24) is 9.97 Å². The SMILES string of the molecule is CCCCN(N)c1nccc(Cl)n1. The number of anilines is 1. The first-order chi connectivity index (χ1) is 6.24. The molecule has 1 aromatic rings. The lowest BCUT2D eigenvalue weighted by atomic mass is 10.3. The van der Waals surface area contributed by atoms with Gasteiger partial charge in [0, 0.05) is 12.7 Å². The molecule has 0 aromatic carbocycles. The summed E-state index contributed by atoms with van der Waals surface area (Å²) < 4.78 is 0. The summed E-state index contributed by atoms with van der Waals surface area (Å²) in [7, 11) is 0. The smallest absolute Gasteiger partial charge is 0.241 e. The quantitative estimate of drug-likeness (QED) is 0.456. The Balaban J connectivity index is 2.60. The molecule has 0 radical (unpaired) electrons. The van der Waals surface area contributed by atoms with E-state index in [1.54, 1.807) is 12.3 Å². The fourth-order valence-corrected chi connectivity index (χ4v) is 1.03. The second-order valence-electron chi connectivity index (χ2n) is 2.73. The van der Waals surface area contributed by atoms with Crippen molar-refractivity contribution in [2.45, 2.75) is 19.8 Å². The molecule has 4 nitrogen and oxygen atoms in total. The van der Waals surface area contributed by atoms with Crippen LogP contribution in [-0.2, 0) is 0 Å². The Morgan fingerprint density at radius 3 is 3.00 bits per heavy atom. The highest BCUT2D eigenvalue weighted by molar-refractivity contribution is 6.29. The lowest BCUT2D eigenvalue weighted by Gasteiger charge is -2.15. The molecule has 0 aliphatic carbocycles. The van der Waals surface area contributed by atoms with Crippen LogP contribution in [0.2, 0.25) is 5.15 Å². The number of nitrogens with two attached hydrogens (primary N) is 1. The number of rotatable bonds is 4. The summed E-state index contributed by atoms with van der Waals surface area (Å²) in [5.41, 5.74) is 0. The number of unbranched alkanes of at least 4 members (excludes halogenated alkanes) is 1. The number of hydrazine groups is 1. The molecule has 0 aliphatic heterocycles. The largest absolute Gasteiger partial charge is 0.279 e. The van der Waals surface area contributed by atoms with Crippen LogP contribution in [0.5, 0.6) is 0 Å². The predicted molar refractivity (Wildman–Crippen MR) is 53.5 cm³/mol. The Morgan fingerprint density at radius 1 is 1.62 bits per heavy atom. The molecule has 0 spiro atoms. The number of hydrogen-bond acceptors (Lipinski definition) is 4. The Labute approximate surface area is 82.7 Å². The molecule has 72 valence electrons. The predicted octanol–water partition coefficient (Wildman–Crippen LogP) is 1.61. The minimum Gasteiger partial charge on any atom is -0.279 e. The molecule has 0 bridgehead atoms. The van der Waals surface area contributed by atoms with Crippen LogP contribution in [0.4, 0.5) is 5.95 Å². The molecule has 1 aromatic heterocycles. The minimum absolute atomic E-state index is 0.414. The van der Waals surface area contributed by atoms with Crippen LogP contribution in [0.15, 0.2) is 12.3 Å². The Kier molecular flexibility index (Phi) is 3.92. The first-order valence-corrected chi connectivity index (χ1v) is 4.62. The Morgan fingerprint density at radius 2 is 2.38 bits per heavy atom. The van der Waals surface area contributed by atoms with E-state index < -0.39 is 0 Å². The topological polar surface area (TPSA) is 55.0 Å². The van der Waals surface area contributed by atoms with Crippen LogP contribution in [0.3, 0.4) is 0 Å². The van der Waals surface area contributed by atoms with Gasteiger partial charge >= 0.3 is 0 Å². The zero-order valence-corrected chi connectivity index (χ0v) is 8.33. The van der Waals surface area contributed by atoms with Crippen molar-refractivity contribution in [2.24, 2.45) is 5.84 Å². The van der Waals surface area contributed by atoms with E-state index in [9.17, 15) is 0 Å². The van der Waals surface area contributed by atoms with Gasteiger partial charge in [0.05, 0.1) is 0 Å². The highest BCUT2D eigenvalue weighted by atomic mass is 35.5. The summed E-state index contributed by atoms with van der Waals surface area (Å²) in [5, 5.41) is 1.92. The molecule has 0 atom stereocenters. The molecule has 0 unspecified atom stereocenters. The zero-order chi connectivity index (χ0) is 9.68. The van der Waals surface area contributed by atoms with Gasteiger partial charge in [-0.15, -0.1) is 0 Å². The van der Waals surface area contributed by atoms with Crippen molar-refractivity contribution in [2.75, 3.05) is 11.6 Å². The van der Waals surface area contributed by atoms with Gasteiger partial charge in [-0.2, -0.15) is 4.98 Å². The molecule has 5 heteroatoms. The van der Waals surface area contributed by atoms with E-state index in [4.69, 9.17) is 17.4 Å². The van der Waals surface area contributed by atoms with Crippen molar-refractivity contribution in [3.05, 3.63) is 17.4 Å². The highest BCUT2D eigenvalue weighted by Gasteiger charge is 2.03. The van der Waals surface area contributed by atoms with Crippen LogP contribution >= 0.6 is 11.6 Å². The summed E-state index contributed by atoms with van der Waals surface area (Å²) in [5.74, 6) is 6.17. The van der Waals surface area contributed by atoms with E-state index in [0.717, 1.165) is 19.4 Å². The van der Waals surface area contributed by atoms with Gasteiger partial charge in [0.25, 0.3) is 0 Å². The maximum atomic E-state index is 5.70. The third-order valence-electron chi connectivity index (χ3n) is 1.62. The second kappa shape index (κ2) is 4.99. The Bertz CT molecular complexity index is 266. The zero-order valence-electron chi connectivity index (χ0n) is 7.57. The summed E-state index contributed by atoms with van der Waals surface area (Å²) in [4.78, 5) is 7.98. The van der Waals surface area contributed by atoms with Gasteiger partial charge in [0.1, 0.15) is 5.15 Å². The van der Waals surface area contributed by atoms with E-state index >= 15 is 0 Å². The van der Waals surface area contributed by atoms with Gasteiger partial charge in [-0.1, -0.05) is 24.9 Å². The lowest BCUT2D eigenvalue weighted by molar-refractivity contribution is 0.720. The van der Waals surface area contributed by atoms with E-state index in [-0.39, 0.29) is 0 Å². The summed E-state index contributed by atoms with van der Waals surface area (Å²) in [6, 6.07) is 1.62. The van der Waals surface area contributed by atoms with Crippen LogP contribution in [0, 0.1) is 0 Å². The number of aromatic nitrogens is 2. The molecule has 1 heterocycles. The average Bonchev–Trinajstić information content (AvgIpc) is 2.14. The summed E-state index contributed by atoms with van der Waals surface area (Å²) in [6.07, 6.45) is 3.71. The van der Waals surface area contributed by atoms with Crippen molar-refractivity contribution < 1.29 is 0 Å². The number of hydrogen-bond donors (Lipinski definition) is 1. The average molecular weight is 201 g/mol. The maximum absolute atomic E-state index is 5.70. The van der Waals surface area contributed by atoms with Crippen LogP contribution in [0.1, 0.15) is 19.8 Å². The molecule has 0 amide bonds. The van der Waals surface area contributed by atoms with Gasteiger partial charge in [-0.3, -0.25) is 5.01 Å². The lowest BCUT2D eigenvalue weighted by Crippen LogP contribution is -2.33. The van der Waals surface area contributed by atoms with Crippen LogP contribution < -0.4 is 10.9 Å². The molecule has 1 rings (SSSR count). The van der Waals surface area contributed by atoms with Crippen molar-refractivity contribution in [3.8, 4) is 0 Å². The Hall–Kier alpha value is -0.870. The van der Waals surface area contributed by atoms with Crippen molar-refractivity contribution in [3.63, 3.8) is 0 Å². The second-order valence-corrected chi connectivity index (χ2v) is 3.11. The van der Waals surface area contributed by atoms with Crippen LogP contribution in [0.25, 0.3) is 0 Å². The highest BCUT2D eigenvalue weighted by Crippen LogP contribution is 2.08.